The lowest BCUT2D eigenvalue weighted by molar-refractivity contribution is -0.139. The zero-order valence-corrected chi connectivity index (χ0v) is 13.9. The number of amides is 2. The second-order valence-corrected chi connectivity index (χ2v) is 5.53. The van der Waals surface area contributed by atoms with Crippen LogP contribution in [-0.4, -0.2) is 18.0 Å². The highest BCUT2D eigenvalue weighted by molar-refractivity contribution is 6.35. The first kappa shape index (κ1) is 19.5. The van der Waals surface area contributed by atoms with Crippen LogP contribution in [0.3, 0.4) is 0 Å². The first-order chi connectivity index (χ1) is 12.3. The molecule has 26 heavy (non-hydrogen) atoms. The third kappa shape index (κ3) is 5.59. The number of carbonyl (C=O) groups is 2. The van der Waals surface area contributed by atoms with Crippen molar-refractivity contribution in [3.05, 3.63) is 70.2 Å². The van der Waals surface area contributed by atoms with Crippen LogP contribution in [0.4, 0.5) is 13.2 Å². The molecule has 0 aliphatic heterocycles. The predicted molar refractivity (Wildman–Crippen MR) is 90.5 cm³/mol. The highest BCUT2D eigenvalue weighted by Crippen LogP contribution is 2.30. The molecular formula is C17H13ClF3N3O2. The van der Waals surface area contributed by atoms with Crippen molar-refractivity contribution in [2.75, 3.05) is 0 Å². The monoisotopic (exact) mass is 383 g/mol. The Morgan fingerprint density at radius 3 is 2.35 bits per heavy atom. The fourth-order valence-electron chi connectivity index (χ4n) is 1.94. The Morgan fingerprint density at radius 2 is 1.69 bits per heavy atom. The molecule has 2 N–H and O–H groups in total. The van der Waals surface area contributed by atoms with Gasteiger partial charge >= 0.3 is 18.0 Å². The minimum atomic E-state index is -4.55. The lowest BCUT2D eigenvalue weighted by Crippen LogP contribution is -2.37. The molecule has 0 unspecified atom stereocenters. The molecule has 0 heterocycles. The van der Waals surface area contributed by atoms with Gasteiger partial charge in [-0.2, -0.15) is 18.3 Å². The minimum Gasteiger partial charge on any atom is -0.344 e. The lowest BCUT2D eigenvalue weighted by atomic mass is 10.1. The molecule has 0 saturated heterocycles. The molecule has 5 nitrogen and oxygen atoms in total. The Morgan fingerprint density at radius 1 is 1.04 bits per heavy atom. The first-order valence-electron chi connectivity index (χ1n) is 7.29. The second-order valence-electron chi connectivity index (χ2n) is 5.09. The van der Waals surface area contributed by atoms with E-state index < -0.39 is 23.6 Å². The van der Waals surface area contributed by atoms with Crippen LogP contribution in [0, 0.1) is 0 Å². The van der Waals surface area contributed by atoms with Gasteiger partial charge in [0.1, 0.15) is 0 Å². The largest absolute Gasteiger partial charge is 0.417 e. The summed E-state index contributed by atoms with van der Waals surface area (Å²) in [5, 5.41) is 6.29. The van der Waals surface area contributed by atoms with Gasteiger partial charge < -0.3 is 5.32 Å². The molecule has 0 aromatic heterocycles. The summed E-state index contributed by atoms with van der Waals surface area (Å²) in [4.78, 5) is 23.3. The molecule has 0 bridgehead atoms. The van der Waals surface area contributed by atoms with Crippen LogP contribution in [0.1, 0.15) is 16.7 Å². The van der Waals surface area contributed by atoms with Gasteiger partial charge in [-0.3, -0.25) is 9.59 Å². The van der Waals surface area contributed by atoms with Crippen LogP contribution in [0.5, 0.6) is 0 Å². The highest BCUT2D eigenvalue weighted by atomic mass is 35.5. The number of nitrogens with zero attached hydrogens (tertiary/aromatic N) is 1. The van der Waals surface area contributed by atoms with E-state index in [-0.39, 0.29) is 12.1 Å². The van der Waals surface area contributed by atoms with E-state index in [0.29, 0.717) is 5.02 Å². The number of benzene rings is 2. The van der Waals surface area contributed by atoms with Crippen molar-refractivity contribution in [3.8, 4) is 0 Å². The molecule has 0 saturated carbocycles. The number of rotatable bonds is 4. The van der Waals surface area contributed by atoms with E-state index >= 15 is 0 Å². The van der Waals surface area contributed by atoms with Crippen LogP contribution in [0.15, 0.2) is 53.6 Å². The van der Waals surface area contributed by atoms with E-state index in [9.17, 15) is 22.8 Å². The number of alkyl halides is 3. The SMILES string of the molecule is O=C(NCc1ccc(Cl)cc1)C(=O)N/N=C/c1ccccc1C(F)(F)F. The average molecular weight is 384 g/mol. The number of hydrogen-bond donors (Lipinski definition) is 2. The molecule has 136 valence electrons. The van der Waals surface area contributed by atoms with Crippen molar-refractivity contribution >= 4 is 29.6 Å². The summed E-state index contributed by atoms with van der Waals surface area (Å²) in [6.07, 6.45) is -3.73. The van der Waals surface area contributed by atoms with Gasteiger partial charge in [0.15, 0.2) is 0 Å². The van der Waals surface area contributed by atoms with Gasteiger partial charge in [0, 0.05) is 17.1 Å². The summed E-state index contributed by atoms with van der Waals surface area (Å²) < 4.78 is 38.5. The van der Waals surface area contributed by atoms with Crippen LogP contribution < -0.4 is 10.7 Å². The highest BCUT2D eigenvalue weighted by Gasteiger charge is 2.32. The van der Waals surface area contributed by atoms with Crippen LogP contribution >= 0.6 is 11.6 Å². The molecule has 2 aromatic rings. The number of hydrogen-bond acceptors (Lipinski definition) is 3. The van der Waals surface area contributed by atoms with Gasteiger partial charge in [-0.25, -0.2) is 5.43 Å². The molecule has 0 atom stereocenters. The molecule has 0 aliphatic carbocycles. The van der Waals surface area contributed by atoms with Crippen LogP contribution in [0.2, 0.25) is 5.02 Å². The summed E-state index contributed by atoms with van der Waals surface area (Å²) in [5.41, 5.74) is 1.47. The Balaban J connectivity index is 1.91. The summed E-state index contributed by atoms with van der Waals surface area (Å²) >= 11 is 5.73. The first-order valence-corrected chi connectivity index (χ1v) is 7.67. The van der Waals surface area contributed by atoms with Crippen LogP contribution in [-0.2, 0) is 22.3 Å². The van der Waals surface area contributed by atoms with E-state index in [2.05, 4.69) is 10.4 Å². The van der Waals surface area contributed by atoms with Crippen molar-refractivity contribution in [2.45, 2.75) is 12.7 Å². The number of halogens is 4. The molecule has 0 spiro atoms. The normalized spacial score (nSPS) is 11.4. The molecular weight excluding hydrogens is 371 g/mol. The van der Waals surface area contributed by atoms with Gasteiger partial charge in [-0.15, -0.1) is 0 Å². The van der Waals surface area contributed by atoms with E-state index in [1.54, 1.807) is 24.3 Å². The van der Waals surface area contributed by atoms with Crippen molar-refractivity contribution in [3.63, 3.8) is 0 Å². The zero-order chi connectivity index (χ0) is 19.2. The quantitative estimate of drug-likeness (QED) is 0.484. The Bertz CT molecular complexity index is 821. The summed E-state index contributed by atoms with van der Waals surface area (Å²) in [6.45, 7) is 0.0873. The predicted octanol–water partition coefficient (Wildman–Crippen LogP) is 3.13. The Hall–Kier alpha value is -2.87. The topological polar surface area (TPSA) is 70.6 Å². The average Bonchev–Trinajstić information content (AvgIpc) is 2.60. The second kappa shape index (κ2) is 8.48. The Labute approximate surface area is 151 Å². The van der Waals surface area contributed by atoms with Crippen molar-refractivity contribution in [1.82, 2.24) is 10.7 Å². The summed E-state index contributed by atoms with van der Waals surface area (Å²) in [7, 11) is 0. The van der Waals surface area contributed by atoms with Gasteiger partial charge in [0.05, 0.1) is 11.8 Å². The van der Waals surface area contributed by atoms with E-state index in [4.69, 9.17) is 11.6 Å². The maximum Gasteiger partial charge on any atom is 0.417 e. The van der Waals surface area contributed by atoms with Gasteiger partial charge in [0.2, 0.25) is 0 Å². The van der Waals surface area contributed by atoms with E-state index in [0.717, 1.165) is 17.8 Å². The minimum absolute atomic E-state index is 0.0873. The maximum absolute atomic E-state index is 12.8. The fourth-order valence-corrected chi connectivity index (χ4v) is 2.07. The van der Waals surface area contributed by atoms with E-state index in [1.807, 2.05) is 5.43 Å². The molecule has 0 fully saturated rings. The summed E-state index contributed by atoms with van der Waals surface area (Å²) in [6, 6.07) is 11.3. The molecule has 2 aromatic carbocycles. The number of carbonyl (C=O) groups excluding carboxylic acids is 2. The molecule has 0 radical (unpaired) electrons. The third-order valence-electron chi connectivity index (χ3n) is 3.21. The van der Waals surface area contributed by atoms with Gasteiger partial charge in [-0.05, 0) is 23.8 Å². The summed E-state index contributed by atoms with van der Waals surface area (Å²) in [5.74, 6) is -2.07. The smallest absolute Gasteiger partial charge is 0.344 e. The third-order valence-corrected chi connectivity index (χ3v) is 3.46. The van der Waals surface area contributed by atoms with E-state index in [1.165, 1.54) is 18.2 Å². The number of nitrogens with one attached hydrogen (secondary N) is 2. The maximum atomic E-state index is 12.8. The fraction of sp³-hybridized carbons (Fsp3) is 0.118. The van der Waals surface area contributed by atoms with Crippen molar-refractivity contribution < 1.29 is 22.8 Å². The van der Waals surface area contributed by atoms with Gasteiger partial charge in [-0.1, -0.05) is 41.9 Å². The standard InChI is InChI=1S/C17H13ClF3N3O2/c18-13-7-5-11(6-8-13)9-22-15(25)16(26)24-23-10-12-3-1-2-4-14(12)17(19,20)21/h1-8,10H,9H2,(H,22,25)(H,24,26)/b23-10+. The number of hydrazone groups is 1. The molecule has 2 amide bonds. The zero-order valence-electron chi connectivity index (χ0n) is 13.2. The molecule has 9 heteroatoms. The van der Waals surface area contributed by atoms with Crippen molar-refractivity contribution in [2.24, 2.45) is 5.10 Å². The van der Waals surface area contributed by atoms with Crippen molar-refractivity contribution in [1.29, 1.82) is 0 Å². The lowest BCUT2D eigenvalue weighted by Gasteiger charge is -2.09. The Kier molecular flexibility index (Phi) is 6.35. The van der Waals surface area contributed by atoms with Gasteiger partial charge in [0.25, 0.3) is 0 Å². The molecule has 2 rings (SSSR count). The van der Waals surface area contributed by atoms with Crippen LogP contribution in [0.25, 0.3) is 0 Å². The molecule has 0 aliphatic rings.